The molecule has 1 amide bonds. The minimum absolute atomic E-state index is 0.0639. The van der Waals surface area contributed by atoms with Crippen LogP contribution >= 0.6 is 11.8 Å². The summed E-state index contributed by atoms with van der Waals surface area (Å²) in [5.74, 6) is 0.00821. The van der Waals surface area contributed by atoms with Crippen molar-refractivity contribution in [1.29, 1.82) is 0 Å². The molecule has 4 rings (SSSR count). The number of amides is 1. The summed E-state index contributed by atoms with van der Waals surface area (Å²) in [7, 11) is -3.78. The van der Waals surface area contributed by atoms with Crippen molar-refractivity contribution in [2.45, 2.75) is 28.7 Å². The summed E-state index contributed by atoms with van der Waals surface area (Å²) < 4.78 is 33.1. The highest BCUT2D eigenvalue weighted by atomic mass is 32.2. The molecule has 2 aromatic heterocycles. The molecular weight excluding hydrogens is 448 g/mol. The monoisotopic (exact) mass is 468 g/mol. The Morgan fingerprint density at radius 2 is 1.81 bits per heavy atom. The van der Waals surface area contributed by atoms with Gasteiger partial charge in [-0.05, 0) is 55.0 Å². The molecule has 8 nitrogen and oxygen atoms in total. The molecule has 0 saturated carbocycles. The normalized spacial score (nSPS) is 12.4. The van der Waals surface area contributed by atoms with E-state index in [1.807, 2.05) is 31.2 Å². The van der Waals surface area contributed by atoms with E-state index < -0.39 is 15.3 Å². The summed E-state index contributed by atoms with van der Waals surface area (Å²) in [5, 5.41) is 2.83. The first-order valence-electron chi connectivity index (χ1n) is 9.81. The fourth-order valence-electron chi connectivity index (χ4n) is 2.91. The van der Waals surface area contributed by atoms with Gasteiger partial charge in [0.2, 0.25) is 5.91 Å². The zero-order valence-corrected chi connectivity index (χ0v) is 18.7. The van der Waals surface area contributed by atoms with Crippen LogP contribution < -0.4 is 10.0 Å². The Morgan fingerprint density at radius 1 is 1.06 bits per heavy atom. The average Bonchev–Trinajstić information content (AvgIpc) is 3.21. The van der Waals surface area contributed by atoms with E-state index >= 15 is 0 Å². The average molecular weight is 469 g/mol. The molecule has 2 N–H and O–H groups in total. The van der Waals surface area contributed by atoms with Crippen LogP contribution in [-0.4, -0.2) is 29.5 Å². The first-order chi connectivity index (χ1) is 15.4. The Hall–Kier alpha value is -3.37. The van der Waals surface area contributed by atoms with Gasteiger partial charge in [0.15, 0.2) is 5.58 Å². The number of rotatable bonds is 8. The third kappa shape index (κ3) is 5.09. The number of benzene rings is 2. The highest BCUT2D eigenvalue weighted by Crippen LogP contribution is 2.29. The van der Waals surface area contributed by atoms with E-state index in [-0.39, 0.29) is 16.6 Å². The molecule has 10 heteroatoms. The van der Waals surface area contributed by atoms with E-state index in [4.69, 9.17) is 4.42 Å². The SMILES string of the molecule is CCC(Sc1nc2ccccc2o1)C(=O)Nc1ccc(S(=O)(=O)Nc2ccccn2)cc1. The van der Waals surface area contributed by atoms with Crippen molar-refractivity contribution in [2.24, 2.45) is 0 Å². The lowest BCUT2D eigenvalue weighted by atomic mass is 10.3. The van der Waals surface area contributed by atoms with E-state index in [1.165, 1.54) is 30.1 Å². The first kappa shape index (κ1) is 21.8. The number of sulfonamides is 1. The van der Waals surface area contributed by atoms with Gasteiger partial charge in [0.1, 0.15) is 11.3 Å². The molecule has 1 unspecified atom stereocenters. The third-order valence-corrected chi connectivity index (χ3v) is 7.10. The van der Waals surface area contributed by atoms with Crippen LogP contribution in [0.2, 0.25) is 0 Å². The molecule has 32 heavy (non-hydrogen) atoms. The number of aromatic nitrogens is 2. The Bertz CT molecular complexity index is 1290. The molecule has 0 radical (unpaired) electrons. The van der Waals surface area contributed by atoms with Gasteiger partial charge in [-0.2, -0.15) is 0 Å². The number of anilines is 2. The van der Waals surface area contributed by atoms with Crippen molar-refractivity contribution in [3.8, 4) is 0 Å². The minimum atomic E-state index is -3.78. The van der Waals surface area contributed by atoms with Gasteiger partial charge < -0.3 is 9.73 Å². The van der Waals surface area contributed by atoms with Gasteiger partial charge in [-0.3, -0.25) is 9.52 Å². The van der Waals surface area contributed by atoms with Gasteiger partial charge in [-0.15, -0.1) is 0 Å². The summed E-state index contributed by atoms with van der Waals surface area (Å²) in [6.07, 6.45) is 2.06. The van der Waals surface area contributed by atoms with Crippen molar-refractivity contribution in [3.63, 3.8) is 0 Å². The fraction of sp³-hybridized carbons (Fsp3) is 0.136. The maximum atomic E-state index is 12.7. The van der Waals surface area contributed by atoms with Crippen LogP contribution in [0.1, 0.15) is 13.3 Å². The molecular formula is C22H20N4O4S2. The minimum Gasteiger partial charge on any atom is -0.431 e. The summed E-state index contributed by atoms with van der Waals surface area (Å²) in [4.78, 5) is 21.2. The van der Waals surface area contributed by atoms with Gasteiger partial charge in [-0.1, -0.05) is 36.9 Å². The van der Waals surface area contributed by atoms with Gasteiger partial charge in [-0.25, -0.2) is 18.4 Å². The summed E-state index contributed by atoms with van der Waals surface area (Å²) in [5.41, 5.74) is 1.89. The number of nitrogens with zero attached hydrogens (tertiary/aromatic N) is 2. The standard InChI is InChI=1S/C22H20N4O4S2/c1-2-19(31-22-25-17-7-3-4-8-18(17)30-22)21(27)24-15-10-12-16(13-11-15)32(28,29)26-20-9-5-6-14-23-20/h3-14,19H,2H2,1H3,(H,23,26)(H,24,27). The number of pyridine rings is 1. The zero-order valence-electron chi connectivity index (χ0n) is 17.1. The van der Waals surface area contributed by atoms with E-state index in [0.29, 0.717) is 22.9 Å². The van der Waals surface area contributed by atoms with E-state index in [1.54, 1.807) is 30.3 Å². The third-order valence-electron chi connectivity index (χ3n) is 4.52. The molecule has 4 aromatic rings. The lowest BCUT2D eigenvalue weighted by Gasteiger charge is -2.13. The van der Waals surface area contributed by atoms with Crippen molar-refractivity contribution in [3.05, 3.63) is 72.9 Å². The Morgan fingerprint density at radius 3 is 2.50 bits per heavy atom. The molecule has 0 bridgehead atoms. The number of carbonyl (C=O) groups is 1. The van der Waals surface area contributed by atoms with Crippen LogP contribution in [0.25, 0.3) is 11.1 Å². The number of oxazole rings is 1. The molecule has 164 valence electrons. The van der Waals surface area contributed by atoms with Crippen LogP contribution in [0.5, 0.6) is 0 Å². The molecule has 0 aliphatic carbocycles. The topological polar surface area (TPSA) is 114 Å². The molecule has 0 fully saturated rings. The largest absolute Gasteiger partial charge is 0.431 e. The Balaban J connectivity index is 1.42. The highest BCUT2D eigenvalue weighted by Gasteiger charge is 2.22. The number of fused-ring (bicyclic) bond motifs is 1. The summed E-state index contributed by atoms with van der Waals surface area (Å²) >= 11 is 1.25. The molecule has 2 heterocycles. The second kappa shape index (κ2) is 9.41. The van der Waals surface area contributed by atoms with Gasteiger partial charge in [0.05, 0.1) is 10.1 Å². The van der Waals surface area contributed by atoms with Gasteiger partial charge >= 0.3 is 0 Å². The lowest BCUT2D eigenvalue weighted by molar-refractivity contribution is -0.115. The quantitative estimate of drug-likeness (QED) is 0.365. The Labute approximate surface area is 189 Å². The Kier molecular flexibility index (Phi) is 6.42. The van der Waals surface area contributed by atoms with Crippen molar-refractivity contribution < 1.29 is 17.6 Å². The molecule has 0 aliphatic heterocycles. The van der Waals surface area contributed by atoms with Crippen LogP contribution in [-0.2, 0) is 14.8 Å². The number of hydrogen-bond acceptors (Lipinski definition) is 7. The summed E-state index contributed by atoms with van der Waals surface area (Å²) in [6.45, 7) is 1.90. The van der Waals surface area contributed by atoms with Gasteiger partial charge in [0, 0.05) is 11.9 Å². The first-order valence-corrected chi connectivity index (χ1v) is 12.2. The predicted octanol–water partition coefficient (Wildman–Crippen LogP) is 4.53. The van der Waals surface area contributed by atoms with Crippen LogP contribution in [0.4, 0.5) is 11.5 Å². The molecule has 2 aromatic carbocycles. The predicted molar refractivity (Wildman–Crippen MR) is 124 cm³/mol. The second-order valence-electron chi connectivity index (χ2n) is 6.80. The summed E-state index contributed by atoms with van der Waals surface area (Å²) in [6, 6.07) is 18.3. The number of nitrogens with one attached hydrogen (secondary N) is 2. The fourth-order valence-corrected chi connectivity index (χ4v) is 4.78. The van der Waals surface area contributed by atoms with Crippen LogP contribution in [0, 0.1) is 0 Å². The van der Waals surface area contributed by atoms with Gasteiger partial charge in [0.25, 0.3) is 15.2 Å². The highest BCUT2D eigenvalue weighted by molar-refractivity contribution is 8.00. The molecule has 0 aliphatic rings. The maximum absolute atomic E-state index is 12.7. The zero-order chi connectivity index (χ0) is 22.6. The van der Waals surface area contributed by atoms with E-state index in [9.17, 15) is 13.2 Å². The van der Waals surface area contributed by atoms with Crippen LogP contribution in [0.3, 0.4) is 0 Å². The number of para-hydroxylation sites is 2. The van der Waals surface area contributed by atoms with Crippen LogP contribution in [0.15, 0.2) is 87.5 Å². The molecule has 0 spiro atoms. The van der Waals surface area contributed by atoms with Crippen molar-refractivity contribution in [2.75, 3.05) is 10.0 Å². The smallest absolute Gasteiger partial charge is 0.263 e. The number of carbonyl (C=O) groups excluding carboxylic acids is 1. The van der Waals surface area contributed by atoms with E-state index in [0.717, 1.165) is 5.52 Å². The molecule has 0 saturated heterocycles. The lowest BCUT2D eigenvalue weighted by Crippen LogP contribution is -2.24. The second-order valence-corrected chi connectivity index (χ2v) is 9.63. The maximum Gasteiger partial charge on any atom is 0.263 e. The molecule has 1 atom stereocenters. The van der Waals surface area contributed by atoms with Crippen molar-refractivity contribution >= 4 is 50.3 Å². The van der Waals surface area contributed by atoms with E-state index in [2.05, 4.69) is 20.0 Å². The van der Waals surface area contributed by atoms with Crippen molar-refractivity contribution in [1.82, 2.24) is 9.97 Å². The number of hydrogen-bond donors (Lipinski definition) is 2. The number of thioether (sulfide) groups is 1.